The third kappa shape index (κ3) is 22.2. The first kappa shape index (κ1) is 39.5. The first-order valence-corrected chi connectivity index (χ1v) is 14.3. The Labute approximate surface area is 242 Å². The molecule has 0 fully saturated rings. The van der Waals surface area contributed by atoms with Gasteiger partial charge in [-0.1, -0.05) is 0 Å². The monoisotopic (exact) mass is 586 g/mol. The summed E-state index contributed by atoms with van der Waals surface area (Å²) in [4.78, 5) is 0. The van der Waals surface area contributed by atoms with Crippen molar-refractivity contribution in [2.24, 2.45) is 0 Å². The number of hydrogen-bond donors (Lipinski definition) is 0. The molecule has 40 heavy (non-hydrogen) atoms. The van der Waals surface area contributed by atoms with Crippen LogP contribution in [0, 0.1) is 0 Å². The Hall–Kier alpha value is -0.480. The molecule has 9 unspecified atom stereocenters. The van der Waals surface area contributed by atoms with Crippen molar-refractivity contribution in [1.82, 2.24) is 0 Å². The fourth-order valence-electron chi connectivity index (χ4n) is 3.33. The van der Waals surface area contributed by atoms with Crippen LogP contribution in [0.15, 0.2) is 0 Å². The van der Waals surface area contributed by atoms with E-state index in [2.05, 4.69) is 0 Å². The van der Waals surface area contributed by atoms with E-state index in [1.807, 2.05) is 62.3 Å². The topological polar surface area (TPSA) is 111 Å². The van der Waals surface area contributed by atoms with Gasteiger partial charge in [-0.25, -0.2) is 0 Å². The van der Waals surface area contributed by atoms with E-state index in [9.17, 15) is 0 Å². The third-order valence-corrected chi connectivity index (χ3v) is 4.44. The van der Waals surface area contributed by atoms with Crippen molar-refractivity contribution in [2.75, 3.05) is 0 Å². The summed E-state index contributed by atoms with van der Waals surface area (Å²) in [5.74, 6) is 0. The summed E-state index contributed by atoms with van der Waals surface area (Å²) in [7, 11) is 0. The minimum atomic E-state index is -1.11. The Morgan fingerprint density at radius 1 is 0.200 bits per heavy atom. The summed E-state index contributed by atoms with van der Waals surface area (Å²) in [5.41, 5.74) is 0. The molecular weight excluding hydrogens is 528 g/mol. The normalized spacial score (nSPS) is 19.6. The van der Waals surface area contributed by atoms with E-state index in [0.717, 1.165) is 0 Å². The van der Waals surface area contributed by atoms with Crippen LogP contribution < -0.4 is 0 Å². The summed E-state index contributed by atoms with van der Waals surface area (Å²) < 4.78 is 68.9. The summed E-state index contributed by atoms with van der Waals surface area (Å²) in [6.45, 7) is 25.2. The predicted octanol–water partition coefficient (Wildman–Crippen LogP) is 5.81. The quantitative estimate of drug-likeness (QED) is 0.127. The van der Waals surface area contributed by atoms with E-state index in [1.54, 1.807) is 41.5 Å². The van der Waals surface area contributed by atoms with Crippen LogP contribution in [0.3, 0.4) is 0 Å². The highest BCUT2D eigenvalue weighted by molar-refractivity contribution is 4.47. The first-order valence-electron chi connectivity index (χ1n) is 14.3. The maximum absolute atomic E-state index is 5.86. The average molecular weight is 587 g/mol. The Morgan fingerprint density at radius 2 is 0.375 bits per heavy atom. The third-order valence-electron chi connectivity index (χ3n) is 4.44. The molecule has 0 aromatic carbocycles. The maximum Gasteiger partial charge on any atom is 0.276 e. The second-order valence-corrected chi connectivity index (χ2v) is 10.4. The van der Waals surface area contributed by atoms with Crippen LogP contribution in [-0.2, 0) is 56.8 Å². The van der Waals surface area contributed by atoms with Gasteiger partial charge in [0.1, 0.15) is 0 Å². The second-order valence-electron chi connectivity index (χ2n) is 10.4. The van der Waals surface area contributed by atoms with Crippen LogP contribution >= 0.6 is 0 Å². The summed E-state index contributed by atoms with van der Waals surface area (Å²) in [6.07, 6.45) is -4.72. The number of ether oxygens (including phenoxy) is 12. The van der Waals surface area contributed by atoms with Crippen molar-refractivity contribution >= 4 is 0 Å². The lowest BCUT2D eigenvalue weighted by atomic mass is 10.5. The van der Waals surface area contributed by atoms with Crippen LogP contribution in [0.25, 0.3) is 0 Å². The molecule has 0 saturated carbocycles. The highest BCUT2D eigenvalue weighted by atomic mass is 17.0. The van der Waals surface area contributed by atoms with Crippen LogP contribution in [0.2, 0.25) is 0 Å². The first-order chi connectivity index (χ1) is 18.5. The highest BCUT2D eigenvalue weighted by Gasteiger charge is 2.26. The molecule has 0 radical (unpaired) electrons. The minimum absolute atomic E-state index is 0.0122. The lowest BCUT2D eigenvalue weighted by Crippen LogP contribution is -2.38. The lowest BCUT2D eigenvalue weighted by molar-refractivity contribution is -0.432. The van der Waals surface area contributed by atoms with E-state index in [-0.39, 0.29) is 24.4 Å². The molecule has 0 heterocycles. The van der Waals surface area contributed by atoms with Gasteiger partial charge in [-0.05, 0) is 104 Å². The summed E-state index contributed by atoms with van der Waals surface area (Å²) in [6, 6.07) is 0. The zero-order chi connectivity index (χ0) is 31.0. The molecule has 0 spiro atoms. The van der Waals surface area contributed by atoms with Crippen molar-refractivity contribution < 1.29 is 56.8 Å². The zero-order valence-corrected chi connectivity index (χ0v) is 27.4. The number of rotatable bonds is 24. The molecule has 0 aliphatic carbocycles. The molecule has 0 aliphatic rings. The van der Waals surface area contributed by atoms with E-state index in [1.165, 1.54) is 0 Å². The standard InChI is InChI=1S/C28H58O12/c1-16(2)29-20(9)33-22(11)35-23(12)36-25(14)38-28(32-19(7)8)40-26(15)39-27(31-18(5)6)37-24(13)34-21(10)30-17(3)4/h16-28H,1-15H3. The van der Waals surface area contributed by atoms with Gasteiger partial charge in [0, 0.05) is 0 Å². The molecule has 0 aromatic heterocycles. The van der Waals surface area contributed by atoms with Gasteiger partial charge < -0.3 is 56.8 Å². The summed E-state index contributed by atoms with van der Waals surface area (Å²) >= 11 is 0. The molecule has 0 rings (SSSR count). The fraction of sp³-hybridized carbons (Fsp3) is 1.00. The van der Waals surface area contributed by atoms with E-state index < -0.39 is 57.0 Å². The van der Waals surface area contributed by atoms with Crippen molar-refractivity contribution in [3.8, 4) is 0 Å². The van der Waals surface area contributed by atoms with Crippen LogP contribution in [0.1, 0.15) is 104 Å². The molecule has 0 saturated heterocycles. The predicted molar refractivity (Wildman–Crippen MR) is 147 cm³/mol. The molecule has 242 valence electrons. The zero-order valence-electron chi connectivity index (χ0n) is 27.4. The smallest absolute Gasteiger partial charge is 0.276 e. The Bertz CT molecular complexity index is 606. The molecule has 0 amide bonds. The molecule has 12 nitrogen and oxygen atoms in total. The summed E-state index contributed by atoms with van der Waals surface area (Å²) in [5, 5.41) is 0. The molecule has 0 bridgehead atoms. The van der Waals surface area contributed by atoms with Gasteiger partial charge in [0.15, 0.2) is 44.0 Å². The van der Waals surface area contributed by atoms with E-state index in [0.29, 0.717) is 0 Å². The molecular formula is C28H58O12. The largest absolute Gasteiger partial charge is 0.350 e. The Balaban J connectivity index is 4.95. The van der Waals surface area contributed by atoms with E-state index >= 15 is 0 Å². The van der Waals surface area contributed by atoms with Gasteiger partial charge in [-0.2, -0.15) is 0 Å². The molecule has 0 N–H and O–H groups in total. The van der Waals surface area contributed by atoms with Gasteiger partial charge in [0.25, 0.3) is 13.0 Å². The molecule has 12 heteroatoms. The number of hydrogen-bond acceptors (Lipinski definition) is 12. The van der Waals surface area contributed by atoms with Crippen LogP contribution in [-0.4, -0.2) is 81.4 Å². The van der Waals surface area contributed by atoms with Crippen molar-refractivity contribution in [1.29, 1.82) is 0 Å². The molecule has 9 atom stereocenters. The Kier molecular flexibility index (Phi) is 21.0. The van der Waals surface area contributed by atoms with Gasteiger partial charge >= 0.3 is 0 Å². The van der Waals surface area contributed by atoms with Gasteiger partial charge in [0.2, 0.25) is 0 Å². The van der Waals surface area contributed by atoms with Gasteiger partial charge in [-0.15, -0.1) is 0 Å². The van der Waals surface area contributed by atoms with Crippen LogP contribution in [0.5, 0.6) is 0 Å². The van der Waals surface area contributed by atoms with Crippen molar-refractivity contribution in [3.63, 3.8) is 0 Å². The fourth-order valence-corrected chi connectivity index (χ4v) is 3.33. The Morgan fingerprint density at radius 3 is 0.600 bits per heavy atom. The second kappa shape index (κ2) is 21.2. The van der Waals surface area contributed by atoms with E-state index in [4.69, 9.17) is 56.8 Å². The maximum atomic E-state index is 5.86. The van der Waals surface area contributed by atoms with Crippen molar-refractivity contribution in [3.05, 3.63) is 0 Å². The highest BCUT2D eigenvalue weighted by Crippen LogP contribution is 2.17. The van der Waals surface area contributed by atoms with Crippen LogP contribution in [0.4, 0.5) is 0 Å². The van der Waals surface area contributed by atoms with Gasteiger partial charge in [0.05, 0.1) is 24.4 Å². The minimum Gasteiger partial charge on any atom is -0.350 e. The molecule has 0 aromatic rings. The SMILES string of the molecule is CC(C)OC(C)OC(C)OC(C)OC(C)OC(OC(C)C)OC(C)OC(OC(C)C)OC(C)OC(C)OC(C)C. The van der Waals surface area contributed by atoms with Crippen molar-refractivity contribution in [2.45, 2.75) is 185 Å². The lowest BCUT2D eigenvalue weighted by Gasteiger charge is -2.31. The average Bonchev–Trinajstić information content (AvgIpc) is 2.70. The molecule has 0 aliphatic heterocycles. The van der Waals surface area contributed by atoms with Gasteiger partial charge in [-0.3, -0.25) is 0 Å².